The molecule has 0 atom stereocenters. The molecule has 164 valence electrons. The topological polar surface area (TPSA) is 45.1 Å². The Morgan fingerprint density at radius 2 is 1.84 bits per heavy atom. The van der Waals surface area contributed by atoms with Gasteiger partial charge in [0.1, 0.15) is 5.82 Å². The number of aliphatic imine (C=N–C) groups is 1. The molecule has 2 aliphatic heterocycles. The van der Waals surface area contributed by atoms with Gasteiger partial charge in [-0.25, -0.2) is 13.8 Å². The molecule has 5 rings (SSSR count). The first-order chi connectivity index (χ1) is 15.6. The van der Waals surface area contributed by atoms with Crippen molar-refractivity contribution in [2.75, 3.05) is 44.2 Å². The van der Waals surface area contributed by atoms with Gasteiger partial charge in [-0.3, -0.25) is 9.69 Å². The number of nitrogens with zero attached hydrogens (tertiary/aromatic N) is 3. The number of ether oxygens (including phenoxy) is 1. The summed E-state index contributed by atoms with van der Waals surface area (Å²) in [5, 5.41) is 1.98. The molecule has 7 heteroatoms. The van der Waals surface area contributed by atoms with E-state index in [2.05, 4.69) is 14.8 Å². The number of carbonyl (C=O) groups excluding carboxylic acids is 1. The molecule has 0 unspecified atom stereocenters. The highest BCUT2D eigenvalue weighted by Crippen LogP contribution is 2.29. The molecule has 0 aliphatic carbocycles. The molecule has 0 bridgehead atoms. The van der Waals surface area contributed by atoms with E-state index in [0.717, 1.165) is 55.6 Å². The van der Waals surface area contributed by atoms with Crippen molar-refractivity contribution in [3.8, 4) is 5.75 Å². The van der Waals surface area contributed by atoms with Gasteiger partial charge >= 0.3 is 0 Å². The van der Waals surface area contributed by atoms with Crippen LogP contribution in [0.4, 0.5) is 14.5 Å². The van der Waals surface area contributed by atoms with Gasteiger partial charge in [-0.15, -0.1) is 0 Å². The lowest BCUT2D eigenvalue weighted by molar-refractivity contribution is 0.100. The Bertz CT molecular complexity index is 1200. The minimum absolute atomic E-state index is 0.00746. The number of amides is 1. The van der Waals surface area contributed by atoms with Crippen molar-refractivity contribution in [2.24, 2.45) is 4.99 Å². The van der Waals surface area contributed by atoms with E-state index in [1.165, 1.54) is 12.3 Å². The summed E-state index contributed by atoms with van der Waals surface area (Å²) in [6, 6.07) is 14.2. The van der Waals surface area contributed by atoms with Crippen molar-refractivity contribution < 1.29 is 18.3 Å². The van der Waals surface area contributed by atoms with Crippen LogP contribution in [0.2, 0.25) is 0 Å². The van der Waals surface area contributed by atoms with E-state index in [1.807, 2.05) is 24.3 Å². The Balaban J connectivity index is 1.13. The zero-order chi connectivity index (χ0) is 22.1. The summed E-state index contributed by atoms with van der Waals surface area (Å²) in [6.07, 6.45) is 2.12. The minimum Gasteiger partial charge on any atom is -0.490 e. The van der Waals surface area contributed by atoms with Gasteiger partial charge < -0.3 is 9.64 Å². The molecule has 32 heavy (non-hydrogen) atoms. The molecule has 5 nitrogen and oxygen atoms in total. The van der Waals surface area contributed by atoms with Crippen molar-refractivity contribution in [1.29, 1.82) is 0 Å². The van der Waals surface area contributed by atoms with Crippen LogP contribution in [0.3, 0.4) is 0 Å². The number of halogens is 2. The van der Waals surface area contributed by atoms with Crippen molar-refractivity contribution in [3.63, 3.8) is 0 Å². The molecule has 0 spiro atoms. The quantitative estimate of drug-likeness (QED) is 0.542. The number of hydrogen-bond acceptors (Lipinski definition) is 4. The fourth-order valence-electron chi connectivity index (χ4n) is 4.39. The third-order valence-electron chi connectivity index (χ3n) is 6.08. The molecule has 3 aromatic carbocycles. The molecule has 2 aliphatic rings. The van der Waals surface area contributed by atoms with Crippen LogP contribution in [0.5, 0.6) is 5.75 Å². The summed E-state index contributed by atoms with van der Waals surface area (Å²) < 4.78 is 33.8. The molecule has 1 fully saturated rings. The van der Waals surface area contributed by atoms with E-state index in [9.17, 15) is 13.6 Å². The van der Waals surface area contributed by atoms with E-state index in [4.69, 9.17) is 4.74 Å². The first kappa shape index (κ1) is 20.6. The van der Waals surface area contributed by atoms with E-state index < -0.39 is 11.7 Å². The monoisotopic (exact) mass is 435 g/mol. The molecule has 3 aromatic rings. The molecule has 2 heterocycles. The number of piperazine rings is 1. The van der Waals surface area contributed by atoms with Crippen LogP contribution in [-0.4, -0.2) is 56.4 Å². The van der Waals surface area contributed by atoms with Crippen LogP contribution in [0.25, 0.3) is 10.8 Å². The Morgan fingerprint density at radius 1 is 1.00 bits per heavy atom. The molecular formula is C25H23F2N3O2. The number of fused-ring (bicyclic) bond motifs is 2. The Hall–Kier alpha value is -3.32. The number of hydrogen-bond donors (Lipinski definition) is 0. The summed E-state index contributed by atoms with van der Waals surface area (Å²) in [4.78, 5) is 19.9. The normalized spacial score (nSPS) is 16.1. The van der Waals surface area contributed by atoms with Crippen molar-refractivity contribution in [3.05, 3.63) is 71.3 Å². The average molecular weight is 435 g/mol. The zero-order valence-corrected chi connectivity index (χ0v) is 17.6. The highest BCUT2D eigenvalue weighted by atomic mass is 19.1. The van der Waals surface area contributed by atoms with Crippen LogP contribution in [0, 0.1) is 11.6 Å². The van der Waals surface area contributed by atoms with Gasteiger partial charge in [0.05, 0.1) is 12.2 Å². The fraction of sp³-hybridized carbons (Fsp3) is 0.280. The van der Waals surface area contributed by atoms with Gasteiger partial charge in [-0.1, -0.05) is 18.2 Å². The Kier molecular flexibility index (Phi) is 5.57. The lowest BCUT2D eigenvalue weighted by Crippen LogP contribution is -2.46. The summed E-state index contributed by atoms with van der Waals surface area (Å²) in [5.74, 6) is -1.32. The van der Waals surface area contributed by atoms with E-state index in [1.54, 1.807) is 18.2 Å². The van der Waals surface area contributed by atoms with E-state index in [0.29, 0.717) is 12.2 Å². The van der Waals surface area contributed by atoms with Gasteiger partial charge in [-0.2, -0.15) is 0 Å². The number of anilines is 1. The largest absolute Gasteiger partial charge is 0.490 e. The van der Waals surface area contributed by atoms with Gasteiger partial charge in [-0.05, 0) is 42.1 Å². The average Bonchev–Trinajstić information content (AvgIpc) is 3.19. The predicted molar refractivity (Wildman–Crippen MR) is 121 cm³/mol. The lowest BCUT2D eigenvalue weighted by atomic mass is 10.1. The predicted octanol–water partition coefficient (Wildman–Crippen LogP) is 4.28. The van der Waals surface area contributed by atoms with E-state index >= 15 is 0 Å². The highest BCUT2D eigenvalue weighted by Gasteiger charge is 2.23. The maximum absolute atomic E-state index is 14.5. The third-order valence-corrected chi connectivity index (χ3v) is 6.08. The van der Waals surface area contributed by atoms with Crippen LogP contribution in [0.1, 0.15) is 22.3 Å². The first-order valence-corrected chi connectivity index (χ1v) is 10.8. The molecule has 1 amide bonds. The van der Waals surface area contributed by atoms with Crippen LogP contribution in [0.15, 0.2) is 53.5 Å². The summed E-state index contributed by atoms with van der Waals surface area (Å²) >= 11 is 0. The lowest BCUT2D eigenvalue weighted by Gasteiger charge is -2.36. The first-order valence-electron chi connectivity index (χ1n) is 10.8. The maximum atomic E-state index is 14.5. The third kappa shape index (κ3) is 3.96. The number of benzene rings is 3. The molecule has 0 radical (unpaired) electrons. The standard InChI is InChI=1S/C25H23F2N3O2/c26-19-7-5-17-3-1-4-21(20(17)15-19)30-12-10-29(11-13-30)9-2-14-32-22-8-6-18-16-28-25(31)23(18)24(22)27/h1,3-8,15-16H,2,9-14H2. The van der Waals surface area contributed by atoms with Crippen LogP contribution in [-0.2, 0) is 0 Å². The van der Waals surface area contributed by atoms with Gasteiger partial charge in [0.15, 0.2) is 11.6 Å². The molecule has 0 aromatic heterocycles. The van der Waals surface area contributed by atoms with Crippen molar-refractivity contribution in [1.82, 2.24) is 4.90 Å². The summed E-state index contributed by atoms with van der Waals surface area (Å²) in [7, 11) is 0. The second-order valence-electron chi connectivity index (χ2n) is 8.08. The number of rotatable bonds is 6. The molecule has 0 N–H and O–H groups in total. The second-order valence-corrected chi connectivity index (χ2v) is 8.08. The van der Waals surface area contributed by atoms with Gasteiger partial charge in [0.2, 0.25) is 0 Å². The van der Waals surface area contributed by atoms with Crippen molar-refractivity contribution in [2.45, 2.75) is 6.42 Å². The number of carbonyl (C=O) groups is 1. The SMILES string of the molecule is O=C1N=Cc2ccc(OCCCN3CCN(c4cccc5ccc(F)cc45)CC3)c(F)c21. The highest BCUT2D eigenvalue weighted by molar-refractivity contribution is 6.13. The molecule has 0 saturated carbocycles. The second kappa shape index (κ2) is 8.67. The van der Waals surface area contributed by atoms with Gasteiger partial charge in [0.25, 0.3) is 5.91 Å². The summed E-state index contributed by atoms with van der Waals surface area (Å²) in [6.45, 7) is 4.71. The zero-order valence-electron chi connectivity index (χ0n) is 17.6. The molecular weight excluding hydrogens is 412 g/mol. The minimum atomic E-state index is -0.634. The fourth-order valence-corrected chi connectivity index (χ4v) is 4.39. The van der Waals surface area contributed by atoms with E-state index in [-0.39, 0.29) is 17.1 Å². The van der Waals surface area contributed by atoms with Crippen molar-refractivity contribution >= 4 is 28.6 Å². The molecule has 1 saturated heterocycles. The maximum Gasteiger partial charge on any atom is 0.280 e. The summed E-state index contributed by atoms with van der Waals surface area (Å²) in [5.41, 5.74) is 1.55. The Labute approximate surface area is 184 Å². The van der Waals surface area contributed by atoms with Crippen LogP contribution >= 0.6 is 0 Å². The Morgan fingerprint density at radius 3 is 2.69 bits per heavy atom. The van der Waals surface area contributed by atoms with Gasteiger partial charge in [0, 0.05) is 55.6 Å². The van der Waals surface area contributed by atoms with Crippen LogP contribution < -0.4 is 9.64 Å². The smallest absolute Gasteiger partial charge is 0.280 e.